The van der Waals surface area contributed by atoms with Gasteiger partial charge in [-0.25, -0.2) is 9.97 Å². The first-order chi connectivity index (χ1) is 8.93. The van der Waals surface area contributed by atoms with E-state index in [1.54, 1.807) is 6.33 Å². The maximum Gasteiger partial charge on any atom is 0.132 e. The zero-order valence-electron chi connectivity index (χ0n) is 10.8. The number of hydrogen-bond donors (Lipinski definition) is 1. The van der Waals surface area contributed by atoms with E-state index in [2.05, 4.69) is 27.0 Å². The van der Waals surface area contributed by atoms with Crippen molar-refractivity contribution < 1.29 is 0 Å². The molecule has 1 fully saturated rings. The van der Waals surface area contributed by atoms with Gasteiger partial charge in [0.2, 0.25) is 0 Å². The average molecular weight is 263 g/mol. The Morgan fingerprint density at radius 1 is 1.17 bits per heavy atom. The molecule has 0 spiro atoms. The van der Waals surface area contributed by atoms with Crippen LogP contribution in [0.15, 0.2) is 6.33 Å². The van der Waals surface area contributed by atoms with Crippen LogP contribution in [-0.2, 0) is 12.8 Å². The number of rotatable bonds is 3. The predicted octanol–water partition coefficient (Wildman–Crippen LogP) is 3.05. The summed E-state index contributed by atoms with van der Waals surface area (Å²) in [4.78, 5) is 8.86. The van der Waals surface area contributed by atoms with Gasteiger partial charge in [-0.1, -0.05) is 6.42 Å². The number of aromatic nitrogens is 2. The molecule has 1 N–H and O–H groups in total. The van der Waals surface area contributed by atoms with Gasteiger partial charge in [-0.3, -0.25) is 0 Å². The van der Waals surface area contributed by atoms with Gasteiger partial charge in [0.25, 0.3) is 0 Å². The molecule has 1 unspecified atom stereocenters. The molecule has 1 aromatic heterocycles. The Morgan fingerprint density at radius 2 is 2.11 bits per heavy atom. The van der Waals surface area contributed by atoms with Crippen LogP contribution in [0, 0.1) is 0 Å². The maximum atomic E-state index is 4.44. The molecule has 98 valence electrons. The molecule has 18 heavy (non-hydrogen) atoms. The molecule has 3 rings (SSSR count). The van der Waals surface area contributed by atoms with Crippen LogP contribution in [0.1, 0.15) is 43.4 Å². The smallest absolute Gasteiger partial charge is 0.132 e. The third kappa shape index (κ3) is 2.79. The van der Waals surface area contributed by atoms with Crippen molar-refractivity contribution in [1.82, 2.24) is 9.97 Å². The normalized spacial score (nSPS) is 23.4. The fraction of sp³-hybridized carbons (Fsp3) is 0.714. The molecule has 1 saturated heterocycles. The second kappa shape index (κ2) is 5.91. The molecule has 4 heteroatoms. The van der Waals surface area contributed by atoms with Crippen LogP contribution in [-0.4, -0.2) is 27.5 Å². The van der Waals surface area contributed by atoms with E-state index in [1.165, 1.54) is 49.1 Å². The lowest BCUT2D eigenvalue weighted by atomic mass is 9.96. The summed E-state index contributed by atoms with van der Waals surface area (Å²) < 4.78 is 0. The zero-order valence-corrected chi connectivity index (χ0v) is 11.6. The van der Waals surface area contributed by atoms with E-state index in [1.807, 2.05) is 0 Å². The first-order valence-electron chi connectivity index (χ1n) is 7.12. The summed E-state index contributed by atoms with van der Waals surface area (Å²) >= 11 is 2.11. The highest BCUT2D eigenvalue weighted by atomic mass is 32.2. The Bertz CT molecular complexity index is 402. The van der Waals surface area contributed by atoms with Crippen LogP contribution in [0.5, 0.6) is 0 Å². The van der Waals surface area contributed by atoms with Crippen LogP contribution >= 0.6 is 11.8 Å². The molecule has 1 aromatic rings. The van der Waals surface area contributed by atoms with E-state index >= 15 is 0 Å². The average Bonchev–Trinajstić information content (AvgIpc) is 2.46. The molecule has 2 heterocycles. The van der Waals surface area contributed by atoms with E-state index < -0.39 is 0 Å². The van der Waals surface area contributed by atoms with E-state index in [0.29, 0.717) is 0 Å². The summed E-state index contributed by atoms with van der Waals surface area (Å²) in [6, 6.07) is 0. The Balaban J connectivity index is 1.65. The number of nitrogens with one attached hydrogen (secondary N) is 1. The Labute approximate surface area is 113 Å². The van der Waals surface area contributed by atoms with Crippen LogP contribution in [0.3, 0.4) is 0 Å². The molecule has 0 bridgehead atoms. The van der Waals surface area contributed by atoms with E-state index in [9.17, 15) is 0 Å². The first kappa shape index (κ1) is 12.3. The molecular formula is C14H21N3S. The molecule has 0 amide bonds. The number of hydrogen-bond acceptors (Lipinski definition) is 4. The standard InChI is InChI=1S/C14H21N3S/c1-2-7-13-12(6-1)14(17-10-16-13)15-9-11-5-3-4-8-18-11/h10-11H,1-9H2,(H,15,16,17). The van der Waals surface area contributed by atoms with Gasteiger partial charge in [0, 0.05) is 23.1 Å². The molecule has 1 aliphatic carbocycles. The lowest BCUT2D eigenvalue weighted by molar-refractivity contribution is 0.658. The van der Waals surface area contributed by atoms with Crippen LogP contribution < -0.4 is 5.32 Å². The first-order valence-corrected chi connectivity index (χ1v) is 8.16. The minimum atomic E-state index is 0.771. The van der Waals surface area contributed by atoms with Gasteiger partial charge >= 0.3 is 0 Å². The topological polar surface area (TPSA) is 37.8 Å². The second-order valence-corrected chi connectivity index (χ2v) is 6.63. The summed E-state index contributed by atoms with van der Waals surface area (Å²) in [6.07, 6.45) is 10.7. The molecule has 0 saturated carbocycles. The summed E-state index contributed by atoms with van der Waals surface area (Å²) in [6.45, 7) is 1.06. The highest BCUT2D eigenvalue weighted by molar-refractivity contribution is 7.99. The number of anilines is 1. The van der Waals surface area contributed by atoms with Crippen molar-refractivity contribution in [1.29, 1.82) is 0 Å². The summed E-state index contributed by atoms with van der Waals surface area (Å²) in [5, 5.41) is 4.34. The van der Waals surface area contributed by atoms with Gasteiger partial charge in [0.05, 0.1) is 0 Å². The van der Waals surface area contributed by atoms with E-state index in [0.717, 1.165) is 30.5 Å². The molecule has 1 atom stereocenters. The van der Waals surface area contributed by atoms with Crippen molar-refractivity contribution in [3.8, 4) is 0 Å². The third-order valence-corrected chi connectivity index (χ3v) is 5.29. The molecular weight excluding hydrogens is 242 g/mol. The molecule has 3 nitrogen and oxygen atoms in total. The fourth-order valence-corrected chi connectivity index (χ4v) is 4.09. The summed E-state index contributed by atoms with van der Waals surface area (Å²) in [7, 11) is 0. The highest BCUT2D eigenvalue weighted by Crippen LogP contribution is 2.27. The van der Waals surface area contributed by atoms with Gasteiger partial charge in [-0.15, -0.1) is 0 Å². The number of nitrogens with zero attached hydrogens (tertiary/aromatic N) is 2. The molecule has 0 radical (unpaired) electrons. The van der Waals surface area contributed by atoms with Gasteiger partial charge in [-0.2, -0.15) is 11.8 Å². The lowest BCUT2D eigenvalue weighted by Gasteiger charge is -2.23. The van der Waals surface area contributed by atoms with Crippen molar-refractivity contribution in [3.63, 3.8) is 0 Å². The Morgan fingerprint density at radius 3 is 3.00 bits per heavy atom. The quantitative estimate of drug-likeness (QED) is 0.909. The summed E-state index contributed by atoms with van der Waals surface area (Å²) in [5.74, 6) is 2.43. The van der Waals surface area contributed by atoms with Crippen molar-refractivity contribution in [3.05, 3.63) is 17.6 Å². The lowest BCUT2D eigenvalue weighted by Crippen LogP contribution is -2.22. The van der Waals surface area contributed by atoms with Crippen molar-refractivity contribution in [2.75, 3.05) is 17.6 Å². The van der Waals surface area contributed by atoms with Crippen LogP contribution in [0.2, 0.25) is 0 Å². The molecule has 1 aliphatic heterocycles. The zero-order chi connectivity index (χ0) is 12.2. The third-order valence-electron chi connectivity index (χ3n) is 3.90. The minimum absolute atomic E-state index is 0.771. The minimum Gasteiger partial charge on any atom is -0.369 e. The van der Waals surface area contributed by atoms with Crippen LogP contribution in [0.4, 0.5) is 5.82 Å². The van der Waals surface area contributed by atoms with Gasteiger partial charge in [-0.05, 0) is 44.3 Å². The van der Waals surface area contributed by atoms with Gasteiger partial charge in [0.15, 0.2) is 0 Å². The van der Waals surface area contributed by atoms with Crippen LogP contribution in [0.25, 0.3) is 0 Å². The SMILES string of the molecule is c1nc2c(c(NCC3CCCCS3)n1)CCCC2. The van der Waals surface area contributed by atoms with E-state index in [-0.39, 0.29) is 0 Å². The Hall–Kier alpha value is -0.770. The molecule has 0 aromatic carbocycles. The largest absolute Gasteiger partial charge is 0.369 e. The molecule has 2 aliphatic rings. The Kier molecular flexibility index (Phi) is 4.03. The van der Waals surface area contributed by atoms with Gasteiger partial charge in [0.1, 0.15) is 12.1 Å². The monoisotopic (exact) mass is 263 g/mol. The predicted molar refractivity (Wildman–Crippen MR) is 77.3 cm³/mol. The maximum absolute atomic E-state index is 4.44. The van der Waals surface area contributed by atoms with Crippen molar-refractivity contribution in [2.45, 2.75) is 50.2 Å². The van der Waals surface area contributed by atoms with Crippen molar-refractivity contribution in [2.24, 2.45) is 0 Å². The van der Waals surface area contributed by atoms with Gasteiger partial charge < -0.3 is 5.32 Å². The second-order valence-electron chi connectivity index (χ2n) is 5.22. The number of fused-ring (bicyclic) bond motifs is 1. The van der Waals surface area contributed by atoms with E-state index in [4.69, 9.17) is 0 Å². The number of thioether (sulfide) groups is 1. The number of aryl methyl sites for hydroxylation is 1. The fourth-order valence-electron chi connectivity index (χ4n) is 2.85. The summed E-state index contributed by atoms with van der Waals surface area (Å²) in [5.41, 5.74) is 2.65. The van der Waals surface area contributed by atoms with Crippen molar-refractivity contribution >= 4 is 17.6 Å². The highest BCUT2D eigenvalue weighted by Gasteiger charge is 2.17.